The molecule has 3 aromatic rings. The lowest BCUT2D eigenvalue weighted by Gasteiger charge is -2.33. The Balaban J connectivity index is 1.50. The van der Waals surface area contributed by atoms with Gasteiger partial charge in [-0.05, 0) is 45.6 Å². The molecule has 0 aromatic carbocycles. The van der Waals surface area contributed by atoms with Crippen LogP contribution < -0.4 is 10.5 Å². The molecule has 0 spiro atoms. The van der Waals surface area contributed by atoms with Gasteiger partial charge in [-0.1, -0.05) is 0 Å². The van der Waals surface area contributed by atoms with E-state index in [1.165, 1.54) is 0 Å². The van der Waals surface area contributed by atoms with Gasteiger partial charge in [0.1, 0.15) is 11.6 Å². The maximum atomic E-state index is 12.4. The van der Waals surface area contributed by atoms with Gasteiger partial charge in [-0.2, -0.15) is 0 Å². The molecule has 0 unspecified atom stereocenters. The molecule has 0 amide bonds. The largest absolute Gasteiger partial charge is 0.356 e. The zero-order valence-corrected chi connectivity index (χ0v) is 16.0. The molecule has 27 heavy (non-hydrogen) atoms. The fourth-order valence-electron chi connectivity index (χ4n) is 3.73. The number of rotatable bonds is 3. The molecule has 1 aliphatic heterocycles. The topological polar surface area (TPSA) is 76.8 Å². The third-order valence-corrected chi connectivity index (χ3v) is 5.47. The second-order valence-electron chi connectivity index (χ2n) is 7.33. The lowest BCUT2D eigenvalue weighted by molar-refractivity contribution is 0.349. The fraction of sp³-hybridized carbons (Fsp3) is 0.450. The Bertz CT molecular complexity index is 1040. The van der Waals surface area contributed by atoms with Crippen molar-refractivity contribution in [2.45, 2.75) is 40.2 Å². The molecule has 3 aromatic heterocycles. The molecule has 1 fully saturated rings. The molecule has 1 aliphatic rings. The van der Waals surface area contributed by atoms with Gasteiger partial charge in [-0.3, -0.25) is 14.3 Å². The Morgan fingerprint density at radius 3 is 2.70 bits per heavy atom. The van der Waals surface area contributed by atoms with Crippen LogP contribution in [-0.4, -0.2) is 37.6 Å². The molecule has 0 atom stereocenters. The molecule has 7 heteroatoms. The van der Waals surface area contributed by atoms with Crippen LogP contribution in [0.5, 0.6) is 0 Å². The Morgan fingerprint density at radius 1 is 1.15 bits per heavy atom. The van der Waals surface area contributed by atoms with Crippen LogP contribution in [0.25, 0.3) is 10.9 Å². The van der Waals surface area contributed by atoms with E-state index in [2.05, 4.69) is 19.9 Å². The first kappa shape index (κ1) is 17.6. The minimum Gasteiger partial charge on any atom is -0.356 e. The first-order valence-corrected chi connectivity index (χ1v) is 9.39. The van der Waals surface area contributed by atoms with Gasteiger partial charge in [0.15, 0.2) is 0 Å². The summed E-state index contributed by atoms with van der Waals surface area (Å²) in [6.07, 6.45) is 7.31. The number of anilines is 1. The van der Waals surface area contributed by atoms with E-state index in [-0.39, 0.29) is 5.56 Å². The number of fused-ring (bicyclic) bond motifs is 1. The molecule has 0 saturated carbocycles. The second kappa shape index (κ2) is 7.06. The average Bonchev–Trinajstić information content (AvgIpc) is 2.68. The zero-order valence-electron chi connectivity index (χ0n) is 16.0. The molecule has 0 aliphatic carbocycles. The fourth-order valence-corrected chi connectivity index (χ4v) is 3.73. The summed E-state index contributed by atoms with van der Waals surface area (Å²) >= 11 is 0. The molecule has 0 radical (unpaired) electrons. The van der Waals surface area contributed by atoms with Crippen LogP contribution in [0.3, 0.4) is 0 Å². The van der Waals surface area contributed by atoms with Crippen LogP contribution in [0.1, 0.15) is 29.9 Å². The number of pyridine rings is 1. The van der Waals surface area contributed by atoms with Crippen molar-refractivity contribution in [1.29, 1.82) is 0 Å². The maximum Gasteiger partial charge on any atom is 0.256 e. The third kappa shape index (κ3) is 3.41. The Labute approximate surface area is 158 Å². The van der Waals surface area contributed by atoms with Crippen molar-refractivity contribution in [3.05, 3.63) is 52.2 Å². The highest BCUT2D eigenvalue weighted by Crippen LogP contribution is 2.28. The van der Waals surface area contributed by atoms with E-state index in [9.17, 15) is 4.79 Å². The van der Waals surface area contributed by atoms with Crippen molar-refractivity contribution in [1.82, 2.24) is 24.5 Å². The highest BCUT2D eigenvalue weighted by Gasteiger charge is 2.23. The van der Waals surface area contributed by atoms with E-state index >= 15 is 0 Å². The molecule has 0 N–H and O–H groups in total. The molecule has 4 rings (SSSR count). The summed E-state index contributed by atoms with van der Waals surface area (Å²) in [6.45, 7) is 8.22. The van der Waals surface area contributed by atoms with Gasteiger partial charge in [-0.25, -0.2) is 15.0 Å². The standard InChI is InChI=1S/C20H24N6O/c1-13-14(2)22-12-26(20(13)27)11-16-5-8-25(9-6-16)19-17-4-7-21-10-18(17)23-15(3)24-19/h4,7,10,12,16H,5-6,8-9,11H2,1-3H3. The number of aryl methyl sites for hydroxylation is 2. The number of hydrogen-bond acceptors (Lipinski definition) is 6. The summed E-state index contributed by atoms with van der Waals surface area (Å²) in [5.41, 5.74) is 2.52. The van der Waals surface area contributed by atoms with Gasteiger partial charge < -0.3 is 4.90 Å². The summed E-state index contributed by atoms with van der Waals surface area (Å²) in [5, 5.41) is 1.05. The number of aromatic nitrogens is 5. The Hall–Kier alpha value is -2.83. The van der Waals surface area contributed by atoms with Gasteiger partial charge in [0.05, 0.1) is 18.0 Å². The predicted molar refractivity (Wildman–Crippen MR) is 105 cm³/mol. The third-order valence-electron chi connectivity index (χ3n) is 5.47. The van der Waals surface area contributed by atoms with Crippen LogP contribution >= 0.6 is 0 Å². The van der Waals surface area contributed by atoms with E-state index in [0.717, 1.165) is 66.3 Å². The predicted octanol–water partition coefficient (Wildman–Crippen LogP) is 2.42. The molecule has 7 nitrogen and oxygen atoms in total. The summed E-state index contributed by atoms with van der Waals surface area (Å²) in [6, 6.07) is 1.98. The molecule has 0 bridgehead atoms. The summed E-state index contributed by atoms with van der Waals surface area (Å²) in [5.74, 6) is 2.22. The van der Waals surface area contributed by atoms with Gasteiger partial charge in [0, 0.05) is 42.5 Å². The normalized spacial score (nSPS) is 15.4. The van der Waals surface area contributed by atoms with Crippen LogP contribution in [0.2, 0.25) is 0 Å². The molecular weight excluding hydrogens is 340 g/mol. The molecule has 140 valence electrons. The second-order valence-corrected chi connectivity index (χ2v) is 7.33. The van der Waals surface area contributed by atoms with E-state index in [4.69, 9.17) is 4.98 Å². The minimum absolute atomic E-state index is 0.0786. The monoisotopic (exact) mass is 364 g/mol. The Kier molecular flexibility index (Phi) is 4.59. The molecule has 1 saturated heterocycles. The number of nitrogens with zero attached hydrogens (tertiary/aromatic N) is 6. The van der Waals surface area contributed by atoms with Crippen molar-refractivity contribution in [2.75, 3.05) is 18.0 Å². The summed E-state index contributed by atoms with van der Waals surface area (Å²) in [7, 11) is 0. The lowest BCUT2D eigenvalue weighted by Crippen LogP contribution is -2.37. The van der Waals surface area contributed by atoms with Crippen LogP contribution in [0.15, 0.2) is 29.6 Å². The Morgan fingerprint density at radius 2 is 1.93 bits per heavy atom. The molecule has 4 heterocycles. The average molecular weight is 364 g/mol. The van der Waals surface area contributed by atoms with Gasteiger partial charge in [0.25, 0.3) is 5.56 Å². The first-order chi connectivity index (χ1) is 13.0. The highest BCUT2D eigenvalue weighted by atomic mass is 16.1. The molecular formula is C20H24N6O. The minimum atomic E-state index is 0.0786. The highest BCUT2D eigenvalue weighted by molar-refractivity contribution is 5.88. The van der Waals surface area contributed by atoms with E-state index in [1.807, 2.05) is 26.8 Å². The van der Waals surface area contributed by atoms with Crippen molar-refractivity contribution in [3.8, 4) is 0 Å². The van der Waals surface area contributed by atoms with Crippen molar-refractivity contribution >= 4 is 16.7 Å². The SMILES string of the molecule is Cc1nc(N2CCC(Cn3cnc(C)c(C)c3=O)CC2)c2ccncc2n1. The zero-order chi connectivity index (χ0) is 19.0. The summed E-state index contributed by atoms with van der Waals surface area (Å²) in [4.78, 5) is 32.4. The number of hydrogen-bond donors (Lipinski definition) is 0. The van der Waals surface area contributed by atoms with Gasteiger partial charge in [-0.15, -0.1) is 0 Å². The van der Waals surface area contributed by atoms with Crippen molar-refractivity contribution in [2.24, 2.45) is 5.92 Å². The van der Waals surface area contributed by atoms with Crippen LogP contribution in [0.4, 0.5) is 5.82 Å². The smallest absolute Gasteiger partial charge is 0.256 e. The van der Waals surface area contributed by atoms with Crippen molar-refractivity contribution < 1.29 is 0 Å². The first-order valence-electron chi connectivity index (χ1n) is 9.39. The van der Waals surface area contributed by atoms with Gasteiger partial charge in [0.2, 0.25) is 0 Å². The lowest BCUT2D eigenvalue weighted by atomic mass is 9.96. The van der Waals surface area contributed by atoms with E-state index in [0.29, 0.717) is 5.92 Å². The van der Waals surface area contributed by atoms with Gasteiger partial charge >= 0.3 is 0 Å². The van der Waals surface area contributed by atoms with Crippen LogP contribution in [0, 0.1) is 26.7 Å². The van der Waals surface area contributed by atoms with Crippen molar-refractivity contribution in [3.63, 3.8) is 0 Å². The van der Waals surface area contributed by atoms with Crippen LogP contribution in [-0.2, 0) is 6.54 Å². The summed E-state index contributed by atoms with van der Waals surface area (Å²) < 4.78 is 1.76. The maximum absolute atomic E-state index is 12.4. The van der Waals surface area contributed by atoms with E-state index in [1.54, 1.807) is 23.3 Å². The number of piperidine rings is 1. The quantitative estimate of drug-likeness (QED) is 0.710. The van der Waals surface area contributed by atoms with E-state index < -0.39 is 0 Å².